The van der Waals surface area contributed by atoms with E-state index in [0.29, 0.717) is 16.7 Å². The summed E-state index contributed by atoms with van der Waals surface area (Å²) in [5, 5.41) is 26.3. The van der Waals surface area contributed by atoms with Crippen LogP contribution in [0.5, 0.6) is 0 Å². The van der Waals surface area contributed by atoms with Crippen molar-refractivity contribution in [3.05, 3.63) is 58.9 Å². The fraction of sp³-hybridized carbons (Fsp3) is 0.610. The number of ketones is 1. The van der Waals surface area contributed by atoms with E-state index in [2.05, 4.69) is 5.32 Å². The Morgan fingerprint density at radius 2 is 1.75 bits per heavy atom. The molecule has 2 aliphatic heterocycles. The lowest BCUT2D eigenvalue weighted by Gasteiger charge is -2.63. The quantitative estimate of drug-likeness (QED) is 0.197. The summed E-state index contributed by atoms with van der Waals surface area (Å²) in [5.74, 6) is -7.54. The first-order valence-electron chi connectivity index (χ1n) is 18.8. The SMILES string of the molecule is COC(=O)[C@]12C[C@@H](O)[C@H](O)C3[C@]4(CO1)[C@H]2[C@@H](OC(=O)C=C(C)C)C(=O)O[C@@H]4C[C@H]1C(C)=C(OC(=O)[C@H](Cc2ccccc2)NC(=O)OC(C)(C)C)C(=O)C[C@]31C. The molecular weight excluding hydrogens is 730 g/mol. The molecule has 2 heterocycles. The molecule has 4 fully saturated rings. The van der Waals surface area contributed by atoms with Gasteiger partial charge in [0.25, 0.3) is 0 Å². The highest BCUT2D eigenvalue weighted by Gasteiger charge is 2.81. The number of carbonyl (C=O) groups is 6. The number of nitrogens with one attached hydrogen (secondary N) is 1. The Hall–Kier alpha value is -4.60. The summed E-state index contributed by atoms with van der Waals surface area (Å²) in [7, 11) is 1.13. The summed E-state index contributed by atoms with van der Waals surface area (Å²) in [4.78, 5) is 81.9. The Morgan fingerprint density at radius 1 is 1.07 bits per heavy atom. The predicted molar refractivity (Wildman–Crippen MR) is 194 cm³/mol. The smallest absolute Gasteiger partial charge is 0.408 e. The van der Waals surface area contributed by atoms with Gasteiger partial charge in [0.2, 0.25) is 6.10 Å². The van der Waals surface area contributed by atoms with E-state index in [1.807, 2.05) is 0 Å². The van der Waals surface area contributed by atoms with Crippen molar-refractivity contribution < 1.29 is 67.4 Å². The molecule has 6 rings (SSSR count). The number of carbonyl (C=O) groups excluding carboxylic acids is 6. The van der Waals surface area contributed by atoms with Gasteiger partial charge in [0.05, 0.1) is 31.8 Å². The van der Waals surface area contributed by atoms with Crippen LogP contribution in [0.4, 0.5) is 4.79 Å². The molecule has 3 N–H and O–H groups in total. The Kier molecular flexibility index (Phi) is 10.8. The van der Waals surface area contributed by atoms with E-state index in [-0.39, 0.29) is 31.6 Å². The van der Waals surface area contributed by atoms with Crippen LogP contribution in [0.15, 0.2) is 53.3 Å². The van der Waals surface area contributed by atoms with E-state index in [4.69, 9.17) is 28.4 Å². The maximum atomic E-state index is 14.3. The third-order valence-corrected chi connectivity index (χ3v) is 12.2. The van der Waals surface area contributed by atoms with E-state index in [1.165, 1.54) is 6.08 Å². The number of aliphatic hydroxyl groups excluding tert-OH is 2. The highest BCUT2D eigenvalue weighted by Crippen LogP contribution is 2.71. The number of benzene rings is 1. The van der Waals surface area contributed by atoms with Crippen molar-refractivity contribution in [1.29, 1.82) is 0 Å². The number of methoxy groups -OCH3 is 1. The highest BCUT2D eigenvalue weighted by molar-refractivity contribution is 5.99. The first kappa shape index (κ1) is 41.0. The number of hydrogen-bond acceptors (Lipinski definition) is 14. The zero-order valence-electron chi connectivity index (χ0n) is 32.9. The summed E-state index contributed by atoms with van der Waals surface area (Å²) in [6, 6.07) is 7.66. The van der Waals surface area contributed by atoms with Crippen molar-refractivity contribution in [2.75, 3.05) is 13.7 Å². The highest BCUT2D eigenvalue weighted by atomic mass is 16.6. The molecule has 2 bridgehead atoms. The number of fused-ring (bicyclic) bond motifs is 2. The van der Waals surface area contributed by atoms with Crippen molar-refractivity contribution >= 4 is 35.8 Å². The summed E-state index contributed by atoms with van der Waals surface area (Å²) < 4.78 is 34.6. The molecule has 15 heteroatoms. The van der Waals surface area contributed by atoms with Crippen molar-refractivity contribution in [3.8, 4) is 0 Å². The molecule has 1 aromatic carbocycles. The van der Waals surface area contributed by atoms with Gasteiger partial charge in [-0.2, -0.15) is 0 Å². The third kappa shape index (κ3) is 6.91. The van der Waals surface area contributed by atoms with Gasteiger partial charge < -0.3 is 44.0 Å². The molecule has 56 heavy (non-hydrogen) atoms. The number of amides is 1. The van der Waals surface area contributed by atoms with Crippen LogP contribution in [0, 0.1) is 28.6 Å². The number of hydrogen-bond donors (Lipinski definition) is 3. The molecule has 2 saturated heterocycles. The lowest BCUT2D eigenvalue weighted by Crippen LogP contribution is -2.71. The zero-order chi connectivity index (χ0) is 41.1. The van der Waals surface area contributed by atoms with Crippen LogP contribution in [0.3, 0.4) is 0 Å². The lowest BCUT2D eigenvalue weighted by molar-refractivity contribution is -0.251. The van der Waals surface area contributed by atoms with Gasteiger partial charge >= 0.3 is 30.0 Å². The zero-order valence-corrected chi connectivity index (χ0v) is 32.9. The van der Waals surface area contributed by atoms with E-state index >= 15 is 0 Å². The normalized spacial score (nSPS) is 35.1. The van der Waals surface area contributed by atoms with Crippen LogP contribution in [-0.2, 0) is 58.8 Å². The van der Waals surface area contributed by atoms with Gasteiger partial charge in [-0.3, -0.25) is 4.79 Å². The maximum absolute atomic E-state index is 14.3. The predicted octanol–water partition coefficient (Wildman–Crippen LogP) is 3.03. The topological polar surface area (TPSA) is 210 Å². The molecular formula is C41H51NO14. The second-order valence-electron chi connectivity index (χ2n) is 17.2. The van der Waals surface area contributed by atoms with Crippen LogP contribution < -0.4 is 5.32 Å². The van der Waals surface area contributed by atoms with Crippen LogP contribution in [0.1, 0.15) is 73.3 Å². The molecule has 11 atom stereocenters. The molecule has 0 aromatic heterocycles. The van der Waals surface area contributed by atoms with Crippen molar-refractivity contribution in [2.45, 2.75) is 116 Å². The second-order valence-corrected chi connectivity index (χ2v) is 17.2. The number of esters is 4. The van der Waals surface area contributed by atoms with Crippen LogP contribution >= 0.6 is 0 Å². The summed E-state index contributed by atoms with van der Waals surface area (Å²) in [6.45, 7) is 11.5. The first-order chi connectivity index (χ1) is 26.2. The molecule has 304 valence electrons. The Balaban J connectivity index is 1.41. The lowest BCUT2D eigenvalue weighted by atomic mass is 9.42. The number of alkyl carbamates (subject to hydrolysis) is 1. The van der Waals surface area contributed by atoms with Crippen molar-refractivity contribution in [1.82, 2.24) is 5.32 Å². The van der Waals surface area contributed by atoms with Gasteiger partial charge in [0.15, 0.2) is 17.1 Å². The molecule has 1 aromatic rings. The number of ether oxygens (including phenoxy) is 6. The van der Waals surface area contributed by atoms with Gasteiger partial charge in [-0.25, -0.2) is 24.0 Å². The Morgan fingerprint density at radius 3 is 2.38 bits per heavy atom. The monoisotopic (exact) mass is 781 g/mol. The first-order valence-corrected chi connectivity index (χ1v) is 18.8. The Labute approximate surface area is 325 Å². The molecule has 15 nitrogen and oxygen atoms in total. The fourth-order valence-corrected chi connectivity index (χ4v) is 10.2. The molecule has 1 unspecified atom stereocenters. The maximum Gasteiger partial charge on any atom is 0.408 e. The molecule has 3 aliphatic carbocycles. The van der Waals surface area contributed by atoms with Gasteiger partial charge in [-0.15, -0.1) is 0 Å². The van der Waals surface area contributed by atoms with Crippen LogP contribution in [-0.4, -0.2) is 101 Å². The van der Waals surface area contributed by atoms with Gasteiger partial charge in [0, 0.05) is 36.7 Å². The van der Waals surface area contributed by atoms with E-state index < -0.39 is 112 Å². The fourth-order valence-electron chi connectivity index (χ4n) is 10.2. The van der Waals surface area contributed by atoms with E-state index in [1.54, 1.807) is 78.8 Å². The average molecular weight is 782 g/mol. The van der Waals surface area contributed by atoms with Crippen molar-refractivity contribution in [2.24, 2.45) is 28.6 Å². The molecule has 1 spiro atoms. The number of aliphatic hydroxyl groups is 2. The van der Waals surface area contributed by atoms with Crippen LogP contribution in [0.25, 0.3) is 0 Å². The summed E-state index contributed by atoms with van der Waals surface area (Å²) >= 11 is 0. The van der Waals surface area contributed by atoms with Gasteiger partial charge in [-0.1, -0.05) is 42.8 Å². The average Bonchev–Trinajstić information content (AvgIpc) is 3.39. The third-order valence-electron chi connectivity index (χ3n) is 12.2. The standard InChI is InChI=1S/C41H51NO14/c1-20(2)14-28(45)54-31-33-40-19-52-41(33,36(49)51-8)18-25(43)29(46)32(40)39(7)17-26(44)30(21(3)23(39)16-27(40)53-35(31)48)55-34(47)24(15-22-12-10-9-11-13-22)42-37(50)56-38(4,5)6/h9-14,23-25,27,29,31-33,43,46H,15-19H2,1-8H3,(H,42,50)/t23-,24-,25+,27+,29-,31+,32?,33+,39-,40+,41+/m0/s1. The molecule has 2 saturated carbocycles. The summed E-state index contributed by atoms with van der Waals surface area (Å²) in [5.41, 5.74) is -3.93. The minimum atomic E-state index is -2.03. The minimum absolute atomic E-state index is 0.0238. The van der Waals surface area contributed by atoms with E-state index in [9.17, 15) is 39.0 Å². The Bertz CT molecular complexity index is 1860. The minimum Gasteiger partial charge on any atom is -0.467 e. The van der Waals surface area contributed by atoms with Gasteiger partial charge in [-0.05, 0) is 70.4 Å². The van der Waals surface area contributed by atoms with Crippen LogP contribution in [0.2, 0.25) is 0 Å². The molecule has 0 radical (unpaired) electrons. The van der Waals surface area contributed by atoms with E-state index in [0.717, 1.165) is 7.11 Å². The van der Waals surface area contributed by atoms with Crippen molar-refractivity contribution in [3.63, 3.8) is 0 Å². The van der Waals surface area contributed by atoms with Gasteiger partial charge in [0.1, 0.15) is 17.7 Å². The summed E-state index contributed by atoms with van der Waals surface area (Å²) in [6.07, 6.45) is -6.36. The second kappa shape index (κ2) is 14.7. The number of Topliss-reactive ketones (excluding diaryl/α,β-unsaturated/α-hetero) is 1. The largest absolute Gasteiger partial charge is 0.467 e. The molecule has 5 aliphatic rings. The number of allylic oxidation sites excluding steroid dienone is 3. The number of rotatable bonds is 8. The molecule has 1 amide bonds.